The van der Waals surface area contributed by atoms with Crippen LogP contribution in [0.2, 0.25) is 0 Å². The van der Waals surface area contributed by atoms with Crippen LogP contribution in [-0.2, 0) is 41.8 Å². The van der Waals surface area contributed by atoms with E-state index >= 15 is 0 Å². The summed E-state index contributed by atoms with van der Waals surface area (Å²) in [4.78, 5) is 51.4. The van der Waals surface area contributed by atoms with Crippen LogP contribution in [0.3, 0.4) is 0 Å². The number of aliphatic hydroxyl groups excluding tert-OH is 5. The van der Waals surface area contributed by atoms with E-state index in [1.807, 2.05) is 6.92 Å². The molecule has 1 saturated carbocycles. The summed E-state index contributed by atoms with van der Waals surface area (Å²) in [6, 6.07) is 0. The van der Waals surface area contributed by atoms with Gasteiger partial charge in [0.1, 0.15) is 49.5 Å². The van der Waals surface area contributed by atoms with Crippen LogP contribution in [-0.4, -0.2) is 114 Å². The highest BCUT2D eigenvalue weighted by Crippen LogP contribution is 2.48. The molecule has 8 atom stereocenters. The second kappa shape index (κ2) is 39.0. The molecule has 1 aliphatic carbocycles. The summed E-state index contributed by atoms with van der Waals surface area (Å²) in [5, 5.41) is 52.1. The monoisotopic (exact) mass is 1010 g/mol. The summed E-state index contributed by atoms with van der Waals surface area (Å²) in [5.74, 6) is 33.5. The highest BCUT2D eigenvalue weighted by atomic mass is 32.2. The number of aliphatic hydroxyl groups is 5. The lowest BCUT2D eigenvalue weighted by molar-refractivity contribution is -0.216. The molecule has 0 aliphatic heterocycles. The molecule has 66 heavy (non-hydrogen) atoms. The van der Waals surface area contributed by atoms with Crippen LogP contribution in [0.5, 0.6) is 0 Å². The van der Waals surface area contributed by atoms with Crippen molar-refractivity contribution in [2.45, 2.75) is 159 Å². The number of phosphoric ester groups is 2. The number of hydrogen-bond donors (Lipinski definition) is 8. The maximum absolute atomic E-state index is 12.5. The van der Waals surface area contributed by atoms with E-state index in [9.17, 15) is 44.0 Å². The topological polar surface area (TPSA) is 276 Å². The van der Waals surface area contributed by atoms with Crippen LogP contribution in [0, 0.1) is 94.6 Å². The molecule has 0 aromatic rings. The Balaban J connectivity index is -0.0000000717. The average molecular weight is 1010 g/mol. The molecule has 5 unspecified atom stereocenters. The zero-order valence-electron chi connectivity index (χ0n) is 37.1. The van der Waals surface area contributed by atoms with Gasteiger partial charge in [0.2, 0.25) is 5.12 Å². The summed E-state index contributed by atoms with van der Waals surface area (Å²) in [5.41, 5.74) is 0. The van der Waals surface area contributed by atoms with Gasteiger partial charge in [-0.3, -0.25) is 23.2 Å². The Labute approximate surface area is 415 Å². The van der Waals surface area contributed by atoms with Crippen molar-refractivity contribution in [3.8, 4) is 94.6 Å². The van der Waals surface area contributed by atoms with Crippen molar-refractivity contribution in [2.75, 3.05) is 20.0 Å². The highest BCUT2D eigenvalue weighted by molar-refractivity contribution is 8.17. The van der Waals surface area contributed by atoms with Crippen molar-refractivity contribution in [1.82, 2.24) is 0 Å². The van der Waals surface area contributed by atoms with Crippen LogP contribution in [0.1, 0.15) is 138 Å². The quantitative estimate of drug-likeness (QED) is 0.0134. The van der Waals surface area contributed by atoms with E-state index in [1.54, 1.807) is 0 Å². The molecule has 0 bridgehead atoms. The molecule has 0 aromatic carbocycles. The molecule has 1 rings (SSSR count). The lowest BCUT2D eigenvalue weighted by Crippen LogP contribution is -2.64. The predicted molar refractivity (Wildman–Crippen MR) is 277 cm³/mol. The van der Waals surface area contributed by atoms with Crippen LogP contribution >= 0.6 is 27.4 Å². The molecule has 0 saturated heterocycles. The third kappa shape index (κ3) is 33.4. The Bertz CT molecular complexity index is 2090. The second-order valence-corrected chi connectivity index (χ2v) is 17.5. The van der Waals surface area contributed by atoms with Gasteiger partial charge >= 0.3 is 21.6 Å². The Kier molecular flexibility index (Phi) is 36.6. The zero-order valence-corrected chi connectivity index (χ0v) is 39.7. The van der Waals surface area contributed by atoms with Crippen LogP contribution in [0.15, 0.2) is 0 Å². The van der Waals surface area contributed by atoms with E-state index in [2.05, 4.69) is 99.6 Å². The van der Waals surface area contributed by atoms with Crippen molar-refractivity contribution in [1.29, 1.82) is 0 Å². The number of carbonyl (C=O) groups is 2. The fourth-order valence-electron chi connectivity index (χ4n) is 5.53. The van der Waals surface area contributed by atoms with Gasteiger partial charge in [-0.1, -0.05) is 90.9 Å². The molecule has 1 fully saturated rings. The standard InChI is InChI=1S/C26H52O16P2.C20H8OS.15H2/c1-2-3-4-5-6-7-8-9-10-11-12-13-14-15-20(28)40-19(16-38-18-27)17-39-44(36,37)42-26-23(31)21(29)25(22(30)24(26)32)41-43(33,34)35;1-3-5-6-7-8-9-10-11-12-13-14-15-16-17-19-22-20(21)18-4-2;;;;;;;;;;;;;;;/h19,21-27,29-32H,2-18H2,1H3,(H,36,37)(H2,33,34,35);1H,4,18H2,2H3;15*1H/t19-,21+,22?,23?,24+,25?,26?;;;;;;;;;;;;;;;;/m1................/s1. The molecule has 1 aliphatic rings. The van der Waals surface area contributed by atoms with Gasteiger partial charge in [-0.15, -0.1) is 6.42 Å². The van der Waals surface area contributed by atoms with Crippen molar-refractivity contribution in [3.63, 3.8) is 0 Å². The summed E-state index contributed by atoms with van der Waals surface area (Å²) >= 11 is 0.955. The number of terminal acetylenes is 1. The van der Waals surface area contributed by atoms with Gasteiger partial charge < -0.3 is 49.7 Å². The number of thioether (sulfide) groups is 1. The molecule has 0 aromatic heterocycles. The SMILES string of the molecule is C#CC#CC#CC#CC#CC#CC#CC#CSC(=O)CCC.CCCCCCCCCCCCCCCC(=O)O[C@H](COCO)COP(=O)(O)OC1C(O)[C@H](O)C(OP(=O)(O)O)C(O)[C@@H]1O.[HH].[HH].[HH].[HH].[HH].[HH].[HH].[HH].[HH].[HH].[HH].[HH].[HH].[HH].[HH]. The van der Waals surface area contributed by atoms with E-state index in [4.69, 9.17) is 39.8 Å². The second-order valence-electron chi connectivity index (χ2n) is 14.1. The normalized spacial score (nSPS) is 19.3. The van der Waals surface area contributed by atoms with Crippen molar-refractivity contribution in [3.05, 3.63) is 0 Å². The Morgan fingerprint density at radius 3 is 1.45 bits per heavy atom. The van der Waals surface area contributed by atoms with Crippen molar-refractivity contribution >= 4 is 38.5 Å². The first-order valence-electron chi connectivity index (χ1n) is 21.2. The molecule has 17 nitrogen and oxygen atoms in total. The third-order valence-corrected chi connectivity index (χ3v) is 10.8. The number of esters is 1. The van der Waals surface area contributed by atoms with Gasteiger partial charge in [-0.05, 0) is 101 Å². The fraction of sp³-hybridized carbons (Fsp3) is 0.609. The molecular weight excluding hydrogens is 919 g/mol. The minimum Gasteiger partial charge on any atom is -0.457 e. The van der Waals surface area contributed by atoms with Gasteiger partial charge in [0.05, 0.1) is 13.2 Å². The largest absolute Gasteiger partial charge is 0.472 e. The van der Waals surface area contributed by atoms with Crippen LogP contribution < -0.4 is 0 Å². The Morgan fingerprint density at radius 1 is 0.606 bits per heavy atom. The highest BCUT2D eigenvalue weighted by Gasteiger charge is 2.54. The average Bonchev–Trinajstić information content (AvgIpc) is 3.27. The fourth-order valence-corrected chi connectivity index (χ4v) is 7.59. The molecule has 20 heteroatoms. The molecule has 8 N–H and O–H groups in total. The number of unbranched alkanes of at least 4 members (excludes halogenated alkanes) is 12. The summed E-state index contributed by atoms with van der Waals surface area (Å²) in [6.45, 7) is 2.22. The molecule has 0 amide bonds. The molecular formula is C46H90O17P2S. The number of phosphoric acid groups is 2. The van der Waals surface area contributed by atoms with E-state index in [-0.39, 0.29) is 32.9 Å². The van der Waals surface area contributed by atoms with Crippen LogP contribution in [0.4, 0.5) is 0 Å². The van der Waals surface area contributed by atoms with E-state index in [1.165, 1.54) is 51.4 Å². The first-order valence-corrected chi connectivity index (χ1v) is 25.0. The molecule has 0 radical (unpaired) electrons. The predicted octanol–water partition coefficient (Wildman–Crippen LogP) is 7.13. The van der Waals surface area contributed by atoms with Crippen LogP contribution in [0.25, 0.3) is 0 Å². The first kappa shape index (κ1) is 62.0. The Hall–Kier alpha value is -4.05. The van der Waals surface area contributed by atoms with Gasteiger partial charge in [0.15, 0.2) is 0 Å². The van der Waals surface area contributed by atoms with E-state index in [0.29, 0.717) is 12.8 Å². The van der Waals surface area contributed by atoms with E-state index in [0.717, 1.165) is 43.9 Å². The Morgan fingerprint density at radius 2 is 1.03 bits per heavy atom. The lowest BCUT2D eigenvalue weighted by Gasteiger charge is -2.43. The zero-order chi connectivity index (χ0) is 49.5. The first-order chi connectivity index (χ1) is 31.5. The van der Waals surface area contributed by atoms with Gasteiger partial charge in [-0.25, -0.2) is 9.13 Å². The smallest absolute Gasteiger partial charge is 0.457 e. The van der Waals surface area contributed by atoms with Crippen molar-refractivity contribution < 1.29 is 103 Å². The lowest BCUT2D eigenvalue weighted by atomic mass is 9.85. The molecule has 0 spiro atoms. The van der Waals surface area contributed by atoms with Gasteiger partial charge in [-0.2, -0.15) is 0 Å². The summed E-state index contributed by atoms with van der Waals surface area (Å²) in [6.07, 6.45) is 6.53. The van der Waals surface area contributed by atoms with E-state index < -0.39 is 84.3 Å². The maximum atomic E-state index is 12.5. The van der Waals surface area contributed by atoms with Gasteiger partial charge in [0, 0.05) is 46.0 Å². The molecule has 0 heterocycles. The number of hydrogen-bond acceptors (Lipinski definition) is 15. The summed E-state index contributed by atoms with van der Waals surface area (Å²) < 4.78 is 47.3. The minimum absolute atomic E-state index is 0. The minimum atomic E-state index is -5.27. The maximum Gasteiger partial charge on any atom is 0.472 e. The number of ether oxygens (including phenoxy) is 2. The summed E-state index contributed by atoms with van der Waals surface area (Å²) in [7, 11) is -10.4. The number of rotatable bonds is 27. The van der Waals surface area contributed by atoms with Gasteiger partial charge in [0.25, 0.3) is 0 Å². The number of carbonyl (C=O) groups excluding carboxylic acids is 2. The third-order valence-electron chi connectivity index (χ3n) is 8.65. The van der Waals surface area contributed by atoms with Crippen molar-refractivity contribution in [2.24, 2.45) is 0 Å². The molecule has 392 valence electrons.